The Morgan fingerprint density at radius 3 is 2.69 bits per heavy atom. The Morgan fingerprint density at radius 1 is 1.28 bits per heavy atom. The molecule has 2 N–H and O–H groups in total. The molecule has 2 aromatic rings. The lowest BCUT2D eigenvalue weighted by atomic mass is 9.84. The lowest BCUT2D eigenvalue weighted by Gasteiger charge is -2.27. The van der Waals surface area contributed by atoms with E-state index in [1.165, 1.54) is 24.3 Å². The monoisotopic (exact) mass is 420 g/mol. The van der Waals surface area contributed by atoms with E-state index in [9.17, 15) is 19.1 Å². The van der Waals surface area contributed by atoms with Crippen molar-refractivity contribution in [3.8, 4) is 0 Å². The Kier molecular flexibility index (Phi) is 7.00. The second kappa shape index (κ2) is 9.47. The fourth-order valence-corrected chi connectivity index (χ4v) is 4.07. The second-order valence-electron chi connectivity index (χ2n) is 7.11. The van der Waals surface area contributed by atoms with E-state index in [0.29, 0.717) is 25.0 Å². The number of aliphatic hydroxyl groups is 1. The fourth-order valence-electron chi connectivity index (χ4n) is 3.43. The molecule has 156 valence electrons. The van der Waals surface area contributed by atoms with Crippen LogP contribution >= 0.6 is 11.3 Å². The van der Waals surface area contributed by atoms with Crippen molar-refractivity contribution >= 4 is 23.3 Å². The minimum absolute atomic E-state index is 0.00741. The van der Waals surface area contributed by atoms with Gasteiger partial charge in [0.25, 0.3) is 5.91 Å². The molecule has 3 rings (SSSR count). The van der Waals surface area contributed by atoms with E-state index < -0.39 is 29.4 Å². The van der Waals surface area contributed by atoms with Gasteiger partial charge in [0, 0.05) is 4.88 Å². The molecule has 8 heteroatoms. The minimum Gasteiger partial charge on any atom is -0.389 e. The van der Waals surface area contributed by atoms with Crippen LogP contribution in [0.2, 0.25) is 0 Å². The van der Waals surface area contributed by atoms with Gasteiger partial charge in [-0.15, -0.1) is 11.3 Å². The molecule has 0 bridgehead atoms. The predicted molar refractivity (Wildman–Crippen MR) is 108 cm³/mol. The number of benzene rings is 1. The summed E-state index contributed by atoms with van der Waals surface area (Å²) >= 11 is 1.55. The van der Waals surface area contributed by atoms with Crippen LogP contribution in [0.3, 0.4) is 0 Å². The van der Waals surface area contributed by atoms with Gasteiger partial charge in [-0.25, -0.2) is 9.18 Å². The van der Waals surface area contributed by atoms with Crippen molar-refractivity contribution in [1.29, 1.82) is 0 Å². The van der Waals surface area contributed by atoms with E-state index in [1.54, 1.807) is 11.3 Å². The molecule has 3 amide bonds. The summed E-state index contributed by atoms with van der Waals surface area (Å²) in [5.41, 5.74) is -0.699. The zero-order valence-corrected chi connectivity index (χ0v) is 17.1. The number of halogens is 1. The molecule has 1 fully saturated rings. The molecule has 1 aromatic carbocycles. The Bertz CT molecular complexity index is 828. The molecule has 1 aliphatic rings. The van der Waals surface area contributed by atoms with Gasteiger partial charge >= 0.3 is 6.03 Å². The zero-order valence-electron chi connectivity index (χ0n) is 16.3. The van der Waals surface area contributed by atoms with E-state index in [4.69, 9.17) is 4.74 Å². The van der Waals surface area contributed by atoms with Crippen LogP contribution in [0.4, 0.5) is 9.18 Å². The molecule has 1 aliphatic heterocycles. The summed E-state index contributed by atoms with van der Waals surface area (Å²) in [6.07, 6.45) is 0.954. The first-order valence-corrected chi connectivity index (χ1v) is 10.5. The highest BCUT2D eigenvalue weighted by Crippen LogP contribution is 2.34. The predicted octanol–water partition coefficient (Wildman–Crippen LogP) is 3.40. The molecule has 2 unspecified atom stereocenters. The Balaban J connectivity index is 1.69. The Morgan fingerprint density at radius 2 is 2.03 bits per heavy atom. The molecule has 0 spiro atoms. The summed E-state index contributed by atoms with van der Waals surface area (Å²) in [7, 11) is 0. The first kappa shape index (κ1) is 21.4. The highest BCUT2D eigenvalue weighted by molar-refractivity contribution is 7.09. The molecule has 0 saturated carbocycles. The SMILES string of the molecule is CCCCC1(c2ccc(F)cc2)NC(=O)N(CC(O)COCc2cccs2)C1=O. The molecule has 0 aliphatic carbocycles. The number of hydrogen-bond acceptors (Lipinski definition) is 5. The van der Waals surface area contributed by atoms with Gasteiger partial charge in [0.2, 0.25) is 0 Å². The van der Waals surface area contributed by atoms with Crippen LogP contribution in [-0.4, -0.2) is 41.2 Å². The number of aliphatic hydroxyl groups excluding tert-OH is 1. The van der Waals surface area contributed by atoms with Crippen LogP contribution in [0, 0.1) is 5.82 Å². The van der Waals surface area contributed by atoms with Gasteiger partial charge in [-0.2, -0.15) is 0 Å². The number of unbranched alkanes of at least 4 members (excludes halogenated alkanes) is 1. The number of β-amino-alcohol motifs (C(OH)–C–C–N with tert-alkyl or cyclic N) is 1. The van der Waals surface area contributed by atoms with Gasteiger partial charge in [0.05, 0.1) is 25.9 Å². The second-order valence-corrected chi connectivity index (χ2v) is 8.14. The molecule has 6 nitrogen and oxygen atoms in total. The molecule has 2 heterocycles. The quantitative estimate of drug-likeness (QED) is 0.578. The van der Waals surface area contributed by atoms with Crippen molar-refractivity contribution in [3.05, 3.63) is 58.0 Å². The number of carbonyl (C=O) groups excluding carboxylic acids is 2. The fraction of sp³-hybridized carbons (Fsp3) is 0.429. The van der Waals surface area contributed by atoms with Gasteiger partial charge < -0.3 is 15.2 Å². The molecule has 1 aromatic heterocycles. The Labute approximate surface area is 173 Å². The average molecular weight is 421 g/mol. The maximum Gasteiger partial charge on any atom is 0.325 e. The number of carbonyl (C=O) groups is 2. The minimum atomic E-state index is -1.24. The van der Waals surface area contributed by atoms with Crippen LogP contribution in [0.5, 0.6) is 0 Å². The third kappa shape index (κ3) is 4.83. The number of thiophene rings is 1. The number of rotatable bonds is 10. The van der Waals surface area contributed by atoms with E-state index in [-0.39, 0.29) is 13.2 Å². The summed E-state index contributed by atoms with van der Waals surface area (Å²) < 4.78 is 18.8. The Hall–Kier alpha value is -2.29. The van der Waals surface area contributed by atoms with Crippen LogP contribution in [-0.2, 0) is 21.7 Å². The molecule has 29 heavy (non-hydrogen) atoms. The number of ether oxygens (including phenoxy) is 1. The van der Waals surface area contributed by atoms with Gasteiger partial charge in [0.15, 0.2) is 0 Å². The van der Waals surface area contributed by atoms with Crippen molar-refractivity contribution in [2.24, 2.45) is 0 Å². The average Bonchev–Trinajstić information content (AvgIpc) is 3.30. The highest BCUT2D eigenvalue weighted by Gasteiger charge is 2.52. The van der Waals surface area contributed by atoms with Gasteiger partial charge in [0.1, 0.15) is 11.4 Å². The first-order chi connectivity index (χ1) is 14.0. The lowest BCUT2D eigenvalue weighted by Crippen LogP contribution is -2.45. The molecule has 0 radical (unpaired) electrons. The van der Waals surface area contributed by atoms with Gasteiger partial charge in [-0.1, -0.05) is 38.0 Å². The summed E-state index contributed by atoms with van der Waals surface area (Å²) in [4.78, 5) is 27.8. The largest absolute Gasteiger partial charge is 0.389 e. The first-order valence-electron chi connectivity index (χ1n) is 9.64. The van der Waals surface area contributed by atoms with Crippen molar-refractivity contribution in [3.63, 3.8) is 0 Å². The smallest absolute Gasteiger partial charge is 0.325 e. The standard InChI is InChI=1S/C21H25FN2O4S/c1-2-3-10-21(15-6-8-16(22)9-7-15)19(26)24(20(27)23-21)12-17(25)13-28-14-18-5-4-11-29-18/h4-9,11,17,25H,2-3,10,12-14H2,1H3,(H,23,27). The number of nitrogens with one attached hydrogen (secondary N) is 1. The summed E-state index contributed by atoms with van der Waals surface area (Å²) in [6, 6.07) is 8.88. The maximum absolute atomic E-state index is 13.4. The van der Waals surface area contributed by atoms with Crippen molar-refractivity contribution in [1.82, 2.24) is 10.2 Å². The third-order valence-corrected chi connectivity index (χ3v) is 5.80. The van der Waals surface area contributed by atoms with E-state index in [0.717, 1.165) is 16.2 Å². The molecule has 1 saturated heterocycles. The van der Waals surface area contributed by atoms with Crippen molar-refractivity contribution in [2.45, 2.75) is 44.4 Å². The molecular formula is C21H25FN2O4S. The lowest BCUT2D eigenvalue weighted by molar-refractivity contribution is -0.133. The number of nitrogens with zero attached hydrogens (tertiary/aromatic N) is 1. The van der Waals surface area contributed by atoms with Crippen molar-refractivity contribution < 1.29 is 23.8 Å². The third-order valence-electron chi connectivity index (χ3n) is 4.95. The van der Waals surface area contributed by atoms with Crippen LogP contribution in [0.25, 0.3) is 0 Å². The highest BCUT2D eigenvalue weighted by atomic mass is 32.1. The van der Waals surface area contributed by atoms with Gasteiger partial charge in [-0.3, -0.25) is 9.69 Å². The van der Waals surface area contributed by atoms with E-state index in [2.05, 4.69) is 5.32 Å². The summed E-state index contributed by atoms with van der Waals surface area (Å²) in [5, 5.41) is 15.0. The van der Waals surface area contributed by atoms with Gasteiger partial charge in [-0.05, 0) is 35.6 Å². The van der Waals surface area contributed by atoms with Crippen LogP contribution in [0.15, 0.2) is 41.8 Å². The number of urea groups is 1. The van der Waals surface area contributed by atoms with E-state index in [1.807, 2.05) is 24.4 Å². The normalized spacial score (nSPS) is 20.2. The van der Waals surface area contributed by atoms with Crippen LogP contribution < -0.4 is 5.32 Å². The molecular weight excluding hydrogens is 395 g/mol. The van der Waals surface area contributed by atoms with Crippen molar-refractivity contribution in [2.75, 3.05) is 13.2 Å². The summed E-state index contributed by atoms with van der Waals surface area (Å²) in [5.74, 6) is -0.841. The maximum atomic E-state index is 13.4. The summed E-state index contributed by atoms with van der Waals surface area (Å²) in [6.45, 7) is 2.20. The number of imide groups is 1. The van der Waals surface area contributed by atoms with Crippen LogP contribution in [0.1, 0.15) is 36.6 Å². The molecule has 2 atom stereocenters. The zero-order chi connectivity index (χ0) is 20.9. The number of amides is 3. The van der Waals surface area contributed by atoms with E-state index >= 15 is 0 Å². The topological polar surface area (TPSA) is 78.9 Å². The number of hydrogen-bond donors (Lipinski definition) is 2.